The number of rotatable bonds is 10. The predicted molar refractivity (Wildman–Crippen MR) is 139 cm³/mol. The van der Waals surface area contributed by atoms with Crippen LogP contribution < -0.4 is 16.0 Å². The molecule has 0 atom stereocenters. The minimum Gasteiger partial charge on any atom is -0.368 e. The Kier molecular flexibility index (Phi) is 8.90. The highest BCUT2D eigenvalue weighted by molar-refractivity contribution is 5.92. The lowest BCUT2D eigenvalue weighted by atomic mass is 10.2. The van der Waals surface area contributed by atoms with E-state index in [1.54, 1.807) is 12.3 Å². The third kappa shape index (κ3) is 7.82. The van der Waals surface area contributed by atoms with Gasteiger partial charge in [0.05, 0.1) is 6.54 Å². The van der Waals surface area contributed by atoms with Crippen molar-refractivity contribution in [3.05, 3.63) is 66.5 Å². The number of carbonyl (C=O) groups excluding carboxylic acids is 2. The van der Waals surface area contributed by atoms with Crippen LogP contribution >= 0.6 is 0 Å². The Bertz CT molecular complexity index is 1140. The molecule has 0 bridgehead atoms. The molecule has 1 aliphatic rings. The van der Waals surface area contributed by atoms with Crippen LogP contribution in [0.2, 0.25) is 0 Å². The molecular formula is C26H32N8O2. The molecule has 0 saturated carbocycles. The van der Waals surface area contributed by atoms with Gasteiger partial charge in [-0.05, 0) is 11.6 Å². The Morgan fingerprint density at radius 1 is 0.917 bits per heavy atom. The van der Waals surface area contributed by atoms with Gasteiger partial charge in [0.15, 0.2) is 5.82 Å². The van der Waals surface area contributed by atoms with E-state index in [1.165, 1.54) is 12.5 Å². The summed E-state index contributed by atoms with van der Waals surface area (Å²) in [7, 11) is 0. The summed E-state index contributed by atoms with van der Waals surface area (Å²) in [6, 6.07) is 15.4. The van der Waals surface area contributed by atoms with Gasteiger partial charge in [0, 0.05) is 76.8 Å². The Morgan fingerprint density at radius 3 is 2.39 bits per heavy atom. The lowest BCUT2D eigenvalue weighted by Crippen LogP contribution is -2.48. The van der Waals surface area contributed by atoms with Gasteiger partial charge in [-0.2, -0.15) is 0 Å². The first kappa shape index (κ1) is 25.2. The van der Waals surface area contributed by atoms with E-state index in [-0.39, 0.29) is 11.8 Å². The van der Waals surface area contributed by atoms with Crippen LogP contribution in [-0.4, -0.2) is 82.4 Å². The van der Waals surface area contributed by atoms with Crippen molar-refractivity contribution in [3.63, 3.8) is 0 Å². The van der Waals surface area contributed by atoms with Crippen molar-refractivity contribution >= 4 is 23.5 Å². The molecule has 0 spiro atoms. The molecule has 3 aromatic rings. The summed E-state index contributed by atoms with van der Waals surface area (Å²) in [5, 5.41) is 8.87. The zero-order chi connectivity index (χ0) is 25.2. The lowest BCUT2D eigenvalue weighted by Gasteiger charge is -2.34. The highest BCUT2D eigenvalue weighted by atomic mass is 16.2. The number of carbonyl (C=O) groups is 2. The number of anilines is 2. The van der Waals surface area contributed by atoms with Crippen molar-refractivity contribution in [2.45, 2.75) is 13.5 Å². The summed E-state index contributed by atoms with van der Waals surface area (Å²) >= 11 is 0. The van der Waals surface area contributed by atoms with E-state index in [0.29, 0.717) is 37.1 Å². The van der Waals surface area contributed by atoms with Crippen LogP contribution in [0.5, 0.6) is 0 Å². The van der Waals surface area contributed by atoms with Crippen LogP contribution in [0.25, 0.3) is 11.4 Å². The van der Waals surface area contributed by atoms with E-state index < -0.39 is 0 Å². The van der Waals surface area contributed by atoms with E-state index in [9.17, 15) is 9.59 Å². The lowest BCUT2D eigenvalue weighted by molar-refractivity contribution is -0.119. The molecule has 4 rings (SSSR count). The summed E-state index contributed by atoms with van der Waals surface area (Å²) in [5.41, 5.74) is 2.05. The van der Waals surface area contributed by atoms with Crippen LogP contribution in [-0.2, 0) is 16.1 Å². The molecule has 3 heterocycles. The van der Waals surface area contributed by atoms with Gasteiger partial charge >= 0.3 is 0 Å². The van der Waals surface area contributed by atoms with Crippen molar-refractivity contribution in [2.24, 2.45) is 0 Å². The van der Waals surface area contributed by atoms with Crippen molar-refractivity contribution in [2.75, 3.05) is 56.4 Å². The number of pyridine rings is 1. The third-order valence-electron chi connectivity index (χ3n) is 5.79. The molecule has 36 heavy (non-hydrogen) atoms. The van der Waals surface area contributed by atoms with Crippen LogP contribution in [0.1, 0.15) is 12.5 Å². The summed E-state index contributed by atoms with van der Waals surface area (Å²) in [5.74, 6) is 1.33. The fraction of sp³-hybridized carbons (Fsp3) is 0.346. The second-order valence-corrected chi connectivity index (χ2v) is 8.70. The average molecular weight is 489 g/mol. The zero-order valence-corrected chi connectivity index (χ0v) is 20.5. The van der Waals surface area contributed by atoms with Gasteiger partial charge in [-0.25, -0.2) is 9.97 Å². The average Bonchev–Trinajstić information content (AvgIpc) is 2.89. The molecule has 2 aromatic heterocycles. The number of piperazine rings is 1. The van der Waals surface area contributed by atoms with E-state index in [1.807, 2.05) is 42.6 Å². The van der Waals surface area contributed by atoms with Crippen LogP contribution in [0.15, 0.2) is 60.9 Å². The first-order valence-corrected chi connectivity index (χ1v) is 12.1. The summed E-state index contributed by atoms with van der Waals surface area (Å²) < 4.78 is 0. The van der Waals surface area contributed by atoms with Gasteiger partial charge in [-0.1, -0.05) is 36.4 Å². The van der Waals surface area contributed by atoms with Gasteiger partial charge < -0.3 is 16.0 Å². The number of nitrogens with zero attached hydrogens (tertiary/aromatic N) is 5. The van der Waals surface area contributed by atoms with Crippen LogP contribution in [0.3, 0.4) is 0 Å². The Balaban J connectivity index is 1.34. The van der Waals surface area contributed by atoms with Crippen LogP contribution in [0, 0.1) is 0 Å². The molecule has 0 unspecified atom stereocenters. The quantitative estimate of drug-likeness (QED) is 0.371. The third-order valence-corrected chi connectivity index (χ3v) is 5.79. The maximum absolute atomic E-state index is 12.8. The highest BCUT2D eigenvalue weighted by Crippen LogP contribution is 2.20. The number of aromatic nitrogens is 3. The van der Waals surface area contributed by atoms with Crippen molar-refractivity contribution in [3.8, 4) is 11.4 Å². The molecule has 10 heteroatoms. The largest absolute Gasteiger partial charge is 0.368 e. The smallest absolute Gasteiger partial charge is 0.239 e. The molecule has 1 fully saturated rings. The predicted octanol–water partition coefficient (Wildman–Crippen LogP) is 1.84. The fourth-order valence-corrected chi connectivity index (χ4v) is 3.99. The molecule has 1 aromatic carbocycles. The summed E-state index contributed by atoms with van der Waals surface area (Å²) in [4.78, 5) is 41.8. The second-order valence-electron chi connectivity index (χ2n) is 8.70. The molecule has 2 amide bonds. The first-order chi connectivity index (χ1) is 17.5. The SMILES string of the molecule is CC(=O)NCCNc1cc(NC(=O)CN2CCN(Cc3cccnc3)CC2)nc(-c2ccccc2)n1. The number of nitrogens with one attached hydrogen (secondary N) is 3. The fourth-order valence-electron chi connectivity index (χ4n) is 3.99. The number of hydrogen-bond donors (Lipinski definition) is 3. The molecule has 0 radical (unpaired) electrons. The van der Waals surface area contributed by atoms with Crippen molar-refractivity contribution in [1.29, 1.82) is 0 Å². The highest BCUT2D eigenvalue weighted by Gasteiger charge is 2.19. The van der Waals surface area contributed by atoms with Crippen molar-refractivity contribution < 1.29 is 9.59 Å². The van der Waals surface area contributed by atoms with E-state index in [2.05, 4.69) is 46.8 Å². The van der Waals surface area contributed by atoms with E-state index in [4.69, 9.17) is 0 Å². The van der Waals surface area contributed by atoms with Gasteiger partial charge in [0.25, 0.3) is 0 Å². The minimum absolute atomic E-state index is 0.0877. The molecule has 188 valence electrons. The molecule has 0 aliphatic carbocycles. The molecule has 10 nitrogen and oxygen atoms in total. The minimum atomic E-state index is -0.113. The number of hydrogen-bond acceptors (Lipinski definition) is 8. The second kappa shape index (κ2) is 12.7. The van der Waals surface area contributed by atoms with Crippen LogP contribution in [0.4, 0.5) is 11.6 Å². The van der Waals surface area contributed by atoms with Gasteiger partial charge in [0.1, 0.15) is 11.6 Å². The number of amides is 2. The monoisotopic (exact) mass is 488 g/mol. The maximum Gasteiger partial charge on any atom is 0.239 e. The summed E-state index contributed by atoms with van der Waals surface area (Å²) in [6.07, 6.45) is 3.68. The summed E-state index contributed by atoms with van der Waals surface area (Å²) in [6.45, 7) is 7.06. The Labute approximate surface area is 211 Å². The topological polar surface area (TPSA) is 115 Å². The van der Waals surface area contributed by atoms with Gasteiger partial charge in [0.2, 0.25) is 11.8 Å². The van der Waals surface area contributed by atoms with Crippen molar-refractivity contribution in [1.82, 2.24) is 30.1 Å². The maximum atomic E-state index is 12.8. The molecular weight excluding hydrogens is 456 g/mol. The number of benzene rings is 1. The molecule has 1 saturated heterocycles. The Hall–Kier alpha value is -3.89. The zero-order valence-electron chi connectivity index (χ0n) is 20.5. The normalized spacial score (nSPS) is 14.2. The van der Waals surface area contributed by atoms with Gasteiger partial charge in [-0.3, -0.25) is 24.4 Å². The molecule has 3 N–H and O–H groups in total. The van der Waals surface area contributed by atoms with E-state index >= 15 is 0 Å². The molecule has 1 aliphatic heterocycles. The first-order valence-electron chi connectivity index (χ1n) is 12.1. The standard InChI is InChI=1S/C26H32N8O2/c1-20(35)28-10-11-29-23-16-24(32-26(31-23)22-7-3-2-4-8-22)30-25(36)19-34-14-12-33(13-15-34)18-21-6-5-9-27-17-21/h2-9,16-17H,10-15,18-19H2,1H3,(H,28,35)(H2,29,30,31,32,36). The van der Waals surface area contributed by atoms with E-state index in [0.717, 1.165) is 38.3 Å². The Morgan fingerprint density at radius 2 is 1.67 bits per heavy atom. The van der Waals surface area contributed by atoms with Gasteiger partial charge in [-0.15, -0.1) is 0 Å².